The number of ether oxygens (including phenoxy) is 2. The molecule has 0 saturated carbocycles. The van der Waals surface area contributed by atoms with E-state index < -0.39 is 34.6 Å². The molecule has 1 aromatic carbocycles. The highest BCUT2D eigenvalue weighted by molar-refractivity contribution is 7.89. The second-order valence-corrected chi connectivity index (χ2v) is 6.81. The molecule has 0 bridgehead atoms. The number of carbonyl (C=O) groups excluding carboxylic acids is 3. The van der Waals surface area contributed by atoms with Gasteiger partial charge < -0.3 is 9.47 Å². The molecule has 0 saturated heterocycles. The lowest BCUT2D eigenvalue weighted by molar-refractivity contribution is -0.123. The van der Waals surface area contributed by atoms with E-state index in [0.29, 0.717) is 0 Å². The fourth-order valence-electron chi connectivity index (χ4n) is 1.51. The molecule has 2 amide bonds. The summed E-state index contributed by atoms with van der Waals surface area (Å²) in [5, 5.41) is 1.87. The van der Waals surface area contributed by atoms with Crippen molar-refractivity contribution in [3.05, 3.63) is 29.8 Å². The molecule has 0 aliphatic heterocycles. The minimum Gasteiger partial charge on any atom is -0.452 e. The van der Waals surface area contributed by atoms with Crippen LogP contribution in [0.15, 0.2) is 29.2 Å². The van der Waals surface area contributed by atoms with E-state index in [1.807, 2.05) is 5.32 Å². The number of nitrogens with one attached hydrogen (secondary N) is 1. The van der Waals surface area contributed by atoms with E-state index in [0.717, 1.165) is 4.31 Å². The van der Waals surface area contributed by atoms with Gasteiger partial charge >= 0.3 is 12.1 Å². The summed E-state index contributed by atoms with van der Waals surface area (Å²) in [7, 11) is -0.821. The largest absolute Gasteiger partial charge is 0.452 e. The molecule has 0 unspecified atom stereocenters. The lowest BCUT2D eigenvalue weighted by Gasteiger charge is -2.11. The predicted octanol–water partition coefficient (Wildman–Crippen LogP) is 0.366. The van der Waals surface area contributed by atoms with Gasteiger partial charge in [-0.1, -0.05) is 0 Å². The van der Waals surface area contributed by atoms with E-state index in [4.69, 9.17) is 4.74 Å². The number of alkyl carbamates (subject to hydrolysis) is 1. The molecule has 0 radical (unpaired) electrons. The van der Waals surface area contributed by atoms with E-state index in [1.165, 1.54) is 38.4 Å². The molecule has 1 aromatic rings. The van der Waals surface area contributed by atoms with E-state index in [-0.39, 0.29) is 17.1 Å². The van der Waals surface area contributed by atoms with Gasteiger partial charge in [0.25, 0.3) is 5.91 Å². The van der Waals surface area contributed by atoms with E-state index in [1.54, 1.807) is 6.92 Å². The fraction of sp³-hybridized carbons (Fsp3) is 0.357. The van der Waals surface area contributed by atoms with Gasteiger partial charge in [-0.25, -0.2) is 22.3 Å². The first kappa shape index (κ1) is 19.6. The molecule has 0 spiro atoms. The van der Waals surface area contributed by atoms with Crippen LogP contribution in [0.4, 0.5) is 4.79 Å². The van der Waals surface area contributed by atoms with Crippen molar-refractivity contribution < 1.29 is 32.3 Å². The van der Waals surface area contributed by atoms with E-state index in [9.17, 15) is 22.8 Å². The molecule has 132 valence electrons. The maximum absolute atomic E-state index is 11.9. The average Bonchev–Trinajstić information content (AvgIpc) is 2.52. The third-order valence-electron chi connectivity index (χ3n) is 2.72. The summed E-state index contributed by atoms with van der Waals surface area (Å²) >= 11 is 0. The normalized spacial score (nSPS) is 11.0. The maximum Gasteiger partial charge on any atom is 0.413 e. The number of hydrogen-bond donors (Lipinski definition) is 1. The van der Waals surface area contributed by atoms with Gasteiger partial charge in [-0.15, -0.1) is 0 Å². The Bertz CT molecular complexity index is 711. The van der Waals surface area contributed by atoms with Crippen molar-refractivity contribution >= 4 is 28.0 Å². The summed E-state index contributed by atoms with van der Waals surface area (Å²) < 4.78 is 34.1. The molecule has 24 heavy (non-hydrogen) atoms. The summed E-state index contributed by atoms with van der Waals surface area (Å²) in [5.41, 5.74) is 0.0663. The maximum atomic E-state index is 11.9. The minimum absolute atomic E-state index is 0.0177. The third kappa shape index (κ3) is 5.32. The number of sulfonamides is 1. The highest BCUT2D eigenvalue weighted by Crippen LogP contribution is 2.14. The lowest BCUT2D eigenvalue weighted by atomic mass is 10.2. The molecule has 1 rings (SSSR count). The Morgan fingerprint density at radius 1 is 1.08 bits per heavy atom. The SMILES string of the molecule is CCOC(=O)NC(=O)COC(=O)c1ccc(S(=O)(=O)N(C)C)cc1. The van der Waals surface area contributed by atoms with Crippen LogP contribution in [0.1, 0.15) is 17.3 Å². The smallest absolute Gasteiger partial charge is 0.413 e. The van der Waals surface area contributed by atoms with Crippen molar-refractivity contribution in [2.75, 3.05) is 27.3 Å². The molecule has 0 aliphatic rings. The van der Waals surface area contributed by atoms with Gasteiger partial charge in [0.05, 0.1) is 17.1 Å². The van der Waals surface area contributed by atoms with Crippen molar-refractivity contribution in [2.45, 2.75) is 11.8 Å². The summed E-state index contributed by atoms with van der Waals surface area (Å²) in [6, 6.07) is 5.04. The zero-order chi connectivity index (χ0) is 18.3. The van der Waals surface area contributed by atoms with Gasteiger partial charge in [0, 0.05) is 14.1 Å². The number of benzene rings is 1. The van der Waals surface area contributed by atoms with Crippen molar-refractivity contribution in [3.8, 4) is 0 Å². The van der Waals surface area contributed by atoms with Crippen molar-refractivity contribution in [1.82, 2.24) is 9.62 Å². The first-order chi connectivity index (χ1) is 11.2. The third-order valence-corrected chi connectivity index (χ3v) is 4.55. The molecular formula is C14H18N2O7S. The standard InChI is InChI=1S/C14H18N2O7S/c1-4-22-14(19)15-12(17)9-23-13(18)10-5-7-11(8-6-10)24(20,21)16(2)3/h5-8H,4,9H2,1-3H3,(H,15,17,19). The number of imide groups is 1. The van der Waals surface area contributed by atoms with Crippen molar-refractivity contribution in [2.24, 2.45) is 0 Å². The molecule has 0 fully saturated rings. The average molecular weight is 358 g/mol. The number of carbonyl (C=O) groups is 3. The van der Waals surface area contributed by atoms with Crippen LogP contribution >= 0.6 is 0 Å². The lowest BCUT2D eigenvalue weighted by Crippen LogP contribution is -2.34. The quantitative estimate of drug-likeness (QED) is 0.729. The van der Waals surface area contributed by atoms with Crippen LogP contribution in [0.25, 0.3) is 0 Å². The Hall–Kier alpha value is -2.46. The van der Waals surface area contributed by atoms with Crippen LogP contribution in [-0.2, 0) is 24.3 Å². The van der Waals surface area contributed by atoms with Gasteiger partial charge in [0.1, 0.15) is 0 Å². The number of hydrogen-bond acceptors (Lipinski definition) is 7. The number of rotatable bonds is 6. The predicted molar refractivity (Wildman–Crippen MR) is 82.8 cm³/mol. The summed E-state index contributed by atoms with van der Waals surface area (Å²) in [6.45, 7) is 1.00. The monoisotopic (exact) mass is 358 g/mol. The van der Waals surface area contributed by atoms with Crippen molar-refractivity contribution in [1.29, 1.82) is 0 Å². The molecular weight excluding hydrogens is 340 g/mol. The van der Waals surface area contributed by atoms with Crippen LogP contribution in [0, 0.1) is 0 Å². The molecule has 0 aliphatic carbocycles. The molecule has 0 atom stereocenters. The minimum atomic E-state index is -3.60. The highest BCUT2D eigenvalue weighted by Gasteiger charge is 2.18. The topological polar surface area (TPSA) is 119 Å². The number of amides is 2. The number of esters is 1. The Morgan fingerprint density at radius 2 is 1.67 bits per heavy atom. The zero-order valence-electron chi connectivity index (χ0n) is 13.4. The van der Waals surface area contributed by atoms with Crippen LogP contribution in [-0.4, -0.2) is 58.0 Å². The highest BCUT2D eigenvalue weighted by atomic mass is 32.2. The van der Waals surface area contributed by atoms with Gasteiger partial charge in [-0.2, -0.15) is 0 Å². The van der Waals surface area contributed by atoms with Crippen LogP contribution in [0.2, 0.25) is 0 Å². The molecule has 0 heterocycles. The first-order valence-corrected chi connectivity index (χ1v) is 8.28. The summed E-state index contributed by atoms with van der Waals surface area (Å²) in [5.74, 6) is -1.67. The first-order valence-electron chi connectivity index (χ1n) is 6.84. The Balaban J connectivity index is 2.64. The molecule has 1 N–H and O–H groups in total. The van der Waals surface area contributed by atoms with Gasteiger partial charge in [0.2, 0.25) is 10.0 Å². The molecule has 0 aromatic heterocycles. The second kappa shape index (κ2) is 8.41. The van der Waals surface area contributed by atoms with Gasteiger partial charge in [-0.3, -0.25) is 10.1 Å². The number of nitrogens with zero attached hydrogens (tertiary/aromatic N) is 1. The second-order valence-electron chi connectivity index (χ2n) is 4.66. The van der Waals surface area contributed by atoms with Crippen LogP contribution in [0.5, 0.6) is 0 Å². The Labute approximate surface area is 139 Å². The van der Waals surface area contributed by atoms with Crippen molar-refractivity contribution in [3.63, 3.8) is 0 Å². The zero-order valence-corrected chi connectivity index (χ0v) is 14.3. The Morgan fingerprint density at radius 3 is 2.17 bits per heavy atom. The van der Waals surface area contributed by atoms with Crippen LogP contribution < -0.4 is 5.32 Å². The van der Waals surface area contributed by atoms with Gasteiger partial charge in [-0.05, 0) is 31.2 Å². The Kier molecular flexibility index (Phi) is 6.86. The molecule has 10 heteroatoms. The fourth-order valence-corrected chi connectivity index (χ4v) is 2.41. The van der Waals surface area contributed by atoms with E-state index >= 15 is 0 Å². The summed E-state index contributed by atoms with van der Waals surface area (Å²) in [4.78, 5) is 34.1. The van der Waals surface area contributed by atoms with Crippen LogP contribution in [0.3, 0.4) is 0 Å². The molecule has 9 nitrogen and oxygen atoms in total. The van der Waals surface area contributed by atoms with E-state index in [2.05, 4.69) is 4.74 Å². The van der Waals surface area contributed by atoms with Gasteiger partial charge in [0.15, 0.2) is 6.61 Å². The summed E-state index contributed by atoms with van der Waals surface area (Å²) in [6.07, 6.45) is -0.934.